The summed E-state index contributed by atoms with van der Waals surface area (Å²) in [5, 5.41) is 9.30. The molecule has 0 spiro atoms. The van der Waals surface area contributed by atoms with E-state index >= 15 is 0 Å². The largest absolute Gasteiger partial charge is 0.397 e. The molecular weight excluding hydrogens is 188 g/mol. The molecule has 3 N–H and O–H groups in total. The molecule has 1 fully saturated rings. The van der Waals surface area contributed by atoms with Gasteiger partial charge in [0, 0.05) is 6.54 Å². The first kappa shape index (κ1) is 10.3. The van der Waals surface area contributed by atoms with Crippen LogP contribution in [-0.2, 0) is 0 Å². The third-order valence-corrected chi connectivity index (χ3v) is 3.14. The fourth-order valence-electron chi connectivity index (χ4n) is 2.39. The summed E-state index contributed by atoms with van der Waals surface area (Å²) in [6, 6.07) is 6.21. The summed E-state index contributed by atoms with van der Waals surface area (Å²) < 4.78 is 0. The average molecular weight is 206 g/mol. The number of nitrogens with two attached hydrogens (primary N) is 1. The lowest BCUT2D eigenvalue weighted by molar-refractivity contribution is 0.266. The summed E-state index contributed by atoms with van der Waals surface area (Å²) >= 11 is 0. The van der Waals surface area contributed by atoms with Gasteiger partial charge in [0.15, 0.2) is 0 Å². The van der Waals surface area contributed by atoms with Gasteiger partial charge in [0.05, 0.1) is 24.0 Å². The van der Waals surface area contributed by atoms with Crippen LogP contribution in [0.1, 0.15) is 18.4 Å². The molecule has 3 heteroatoms. The standard InChI is InChI=1S/C12H18N2O/c1-9-4-2-6-11(13)12(9)14-7-3-5-10(14)8-15/h2,4,6,10,15H,3,5,7-8,13H2,1H3. The Kier molecular flexibility index (Phi) is 2.82. The SMILES string of the molecule is Cc1cccc(N)c1N1CCCC1CO. The van der Waals surface area contributed by atoms with E-state index < -0.39 is 0 Å². The Bertz CT molecular complexity index is 331. The molecule has 1 aromatic carbocycles. The molecule has 2 rings (SSSR count). The zero-order valence-electron chi connectivity index (χ0n) is 9.11. The topological polar surface area (TPSA) is 49.5 Å². The van der Waals surface area contributed by atoms with Crippen molar-refractivity contribution < 1.29 is 5.11 Å². The first-order valence-corrected chi connectivity index (χ1v) is 5.46. The minimum atomic E-state index is 0.216. The van der Waals surface area contributed by atoms with E-state index in [1.54, 1.807) is 0 Å². The second-order valence-electron chi connectivity index (χ2n) is 4.18. The van der Waals surface area contributed by atoms with E-state index in [2.05, 4.69) is 17.9 Å². The van der Waals surface area contributed by atoms with Crippen molar-refractivity contribution in [2.45, 2.75) is 25.8 Å². The smallest absolute Gasteiger partial charge is 0.0635 e. The average Bonchev–Trinajstić information content (AvgIpc) is 2.65. The molecule has 0 amide bonds. The number of hydrogen-bond donors (Lipinski definition) is 2. The summed E-state index contributed by atoms with van der Waals surface area (Å²) in [7, 11) is 0. The van der Waals surface area contributed by atoms with Crippen LogP contribution in [0.4, 0.5) is 11.4 Å². The van der Waals surface area contributed by atoms with Crippen LogP contribution in [0.2, 0.25) is 0 Å². The maximum Gasteiger partial charge on any atom is 0.0635 e. The third kappa shape index (κ3) is 1.79. The van der Waals surface area contributed by atoms with Crippen molar-refractivity contribution in [1.82, 2.24) is 0 Å². The highest BCUT2D eigenvalue weighted by Crippen LogP contribution is 2.32. The van der Waals surface area contributed by atoms with Gasteiger partial charge in [-0.2, -0.15) is 0 Å². The van der Waals surface area contributed by atoms with E-state index in [1.807, 2.05) is 12.1 Å². The van der Waals surface area contributed by atoms with E-state index in [9.17, 15) is 5.11 Å². The Hall–Kier alpha value is -1.22. The van der Waals surface area contributed by atoms with Gasteiger partial charge < -0.3 is 15.7 Å². The van der Waals surface area contributed by atoms with Crippen LogP contribution < -0.4 is 10.6 Å². The van der Waals surface area contributed by atoms with Gasteiger partial charge in [0.25, 0.3) is 0 Å². The monoisotopic (exact) mass is 206 g/mol. The van der Waals surface area contributed by atoms with Crippen LogP contribution in [0.3, 0.4) is 0 Å². The van der Waals surface area contributed by atoms with E-state index in [4.69, 9.17) is 5.73 Å². The fraction of sp³-hybridized carbons (Fsp3) is 0.500. The number of aliphatic hydroxyl groups is 1. The van der Waals surface area contributed by atoms with Crippen molar-refractivity contribution >= 4 is 11.4 Å². The van der Waals surface area contributed by atoms with Crippen molar-refractivity contribution in [2.24, 2.45) is 0 Å². The Morgan fingerprint density at radius 3 is 3.00 bits per heavy atom. The highest BCUT2D eigenvalue weighted by molar-refractivity contribution is 5.72. The van der Waals surface area contributed by atoms with Crippen LogP contribution in [0, 0.1) is 6.92 Å². The normalized spacial score (nSPS) is 20.9. The first-order chi connectivity index (χ1) is 7.24. The molecule has 0 bridgehead atoms. The third-order valence-electron chi connectivity index (χ3n) is 3.14. The number of para-hydroxylation sites is 1. The predicted octanol–water partition coefficient (Wildman–Crippen LogP) is 1.54. The Morgan fingerprint density at radius 1 is 1.53 bits per heavy atom. The number of benzene rings is 1. The van der Waals surface area contributed by atoms with Gasteiger partial charge in [-0.1, -0.05) is 12.1 Å². The molecule has 1 aliphatic heterocycles. The lowest BCUT2D eigenvalue weighted by atomic mass is 10.1. The molecule has 1 unspecified atom stereocenters. The Morgan fingerprint density at radius 2 is 2.33 bits per heavy atom. The molecule has 0 aromatic heterocycles. The van der Waals surface area contributed by atoms with Crippen molar-refractivity contribution in [3.8, 4) is 0 Å². The molecule has 1 heterocycles. The molecule has 1 saturated heterocycles. The van der Waals surface area contributed by atoms with Gasteiger partial charge in [-0.15, -0.1) is 0 Å². The van der Waals surface area contributed by atoms with Gasteiger partial charge in [-0.05, 0) is 31.4 Å². The molecular formula is C12H18N2O. The zero-order valence-corrected chi connectivity index (χ0v) is 9.11. The molecule has 82 valence electrons. The summed E-state index contributed by atoms with van der Waals surface area (Å²) in [5.41, 5.74) is 9.11. The number of aryl methyl sites for hydroxylation is 1. The van der Waals surface area contributed by atoms with Crippen molar-refractivity contribution in [2.75, 3.05) is 23.8 Å². The molecule has 3 nitrogen and oxygen atoms in total. The predicted molar refractivity (Wildman–Crippen MR) is 63.0 cm³/mol. The summed E-state index contributed by atoms with van der Waals surface area (Å²) in [5.74, 6) is 0. The Balaban J connectivity index is 2.36. The van der Waals surface area contributed by atoms with Gasteiger partial charge >= 0.3 is 0 Å². The molecule has 1 aliphatic rings. The summed E-state index contributed by atoms with van der Waals surface area (Å²) in [4.78, 5) is 2.24. The quantitative estimate of drug-likeness (QED) is 0.722. The number of nitrogen functional groups attached to an aromatic ring is 1. The minimum Gasteiger partial charge on any atom is -0.397 e. The molecule has 0 saturated carbocycles. The number of hydrogen-bond acceptors (Lipinski definition) is 3. The maximum absolute atomic E-state index is 9.30. The zero-order chi connectivity index (χ0) is 10.8. The van der Waals surface area contributed by atoms with Crippen LogP contribution >= 0.6 is 0 Å². The molecule has 0 radical (unpaired) electrons. The van der Waals surface area contributed by atoms with Crippen molar-refractivity contribution in [3.05, 3.63) is 23.8 Å². The van der Waals surface area contributed by atoms with E-state index in [0.717, 1.165) is 30.8 Å². The van der Waals surface area contributed by atoms with Gasteiger partial charge in [-0.25, -0.2) is 0 Å². The first-order valence-electron chi connectivity index (χ1n) is 5.46. The van der Waals surface area contributed by atoms with Gasteiger partial charge in [0.2, 0.25) is 0 Å². The van der Waals surface area contributed by atoms with Crippen LogP contribution in [0.5, 0.6) is 0 Å². The molecule has 0 aliphatic carbocycles. The van der Waals surface area contributed by atoms with E-state index in [1.165, 1.54) is 5.56 Å². The molecule has 15 heavy (non-hydrogen) atoms. The lowest BCUT2D eigenvalue weighted by Crippen LogP contribution is -2.33. The maximum atomic E-state index is 9.30. The van der Waals surface area contributed by atoms with E-state index in [0.29, 0.717) is 0 Å². The number of aliphatic hydroxyl groups excluding tert-OH is 1. The van der Waals surface area contributed by atoms with Gasteiger partial charge in [-0.3, -0.25) is 0 Å². The summed E-state index contributed by atoms with van der Waals surface area (Å²) in [6.45, 7) is 3.28. The van der Waals surface area contributed by atoms with Crippen molar-refractivity contribution in [3.63, 3.8) is 0 Å². The highest BCUT2D eigenvalue weighted by Gasteiger charge is 2.26. The second-order valence-corrected chi connectivity index (χ2v) is 4.18. The molecule has 1 aromatic rings. The van der Waals surface area contributed by atoms with Gasteiger partial charge in [0.1, 0.15) is 0 Å². The Labute approximate surface area is 90.5 Å². The number of rotatable bonds is 2. The van der Waals surface area contributed by atoms with E-state index in [-0.39, 0.29) is 12.6 Å². The number of anilines is 2. The number of nitrogens with zero attached hydrogens (tertiary/aromatic N) is 1. The molecule has 1 atom stereocenters. The summed E-state index contributed by atoms with van der Waals surface area (Å²) in [6.07, 6.45) is 2.20. The minimum absolute atomic E-state index is 0.216. The van der Waals surface area contributed by atoms with Crippen LogP contribution in [0.15, 0.2) is 18.2 Å². The van der Waals surface area contributed by atoms with Crippen LogP contribution in [0.25, 0.3) is 0 Å². The van der Waals surface area contributed by atoms with Crippen molar-refractivity contribution in [1.29, 1.82) is 0 Å². The van der Waals surface area contributed by atoms with Crippen LogP contribution in [-0.4, -0.2) is 24.3 Å². The highest BCUT2D eigenvalue weighted by atomic mass is 16.3. The fourth-order valence-corrected chi connectivity index (χ4v) is 2.39. The second kappa shape index (κ2) is 4.11. The lowest BCUT2D eigenvalue weighted by Gasteiger charge is -2.28.